The third-order valence-corrected chi connectivity index (χ3v) is 8.43. The lowest BCUT2D eigenvalue weighted by Crippen LogP contribution is -2.17. The first-order valence-corrected chi connectivity index (χ1v) is 19.5. The largest absolute Gasteiger partial charge is 0.463 e. The molecule has 0 rings (SSSR count). The minimum absolute atomic E-state index is 0.0179. The van der Waals surface area contributed by atoms with Crippen molar-refractivity contribution in [1.82, 2.24) is 0 Å². The molecular weight excluding hydrogens is 544 g/mol. The standard InChI is InChI=1S/C21H40O2.C19H38O2/c1-4-7-9-11-13-15-17-20(19-21(22)23-6-3)18-16-14-12-10-8-5-2;1-4-7-9-10-11-12-13-15-17-19(20)21-18(6-3)16-14-8-5-2/h19H,4-18H2,1-3H3;18H,4-17H2,1-3H3. The van der Waals surface area contributed by atoms with Gasteiger partial charge in [0.1, 0.15) is 6.10 Å². The van der Waals surface area contributed by atoms with Crippen molar-refractivity contribution in [2.75, 3.05) is 6.61 Å². The third kappa shape index (κ3) is 35.2. The first kappa shape index (κ1) is 44.8. The zero-order valence-corrected chi connectivity index (χ0v) is 30.8. The van der Waals surface area contributed by atoms with Gasteiger partial charge in [0.05, 0.1) is 6.61 Å². The number of hydrogen-bond acceptors (Lipinski definition) is 4. The van der Waals surface area contributed by atoms with Gasteiger partial charge < -0.3 is 9.47 Å². The van der Waals surface area contributed by atoms with Crippen LogP contribution in [-0.4, -0.2) is 24.6 Å². The van der Waals surface area contributed by atoms with Crippen LogP contribution in [0.5, 0.6) is 0 Å². The van der Waals surface area contributed by atoms with Crippen LogP contribution in [0, 0.1) is 0 Å². The molecule has 0 saturated carbocycles. The molecule has 0 N–H and O–H groups in total. The fourth-order valence-electron chi connectivity index (χ4n) is 5.50. The SMILES string of the molecule is CCCCCCCCC(=CC(=O)OCC)CCCCCCCC.CCCCCCCCCCC(=O)OC(CC)CCCCC. The Morgan fingerprint density at radius 1 is 0.500 bits per heavy atom. The maximum absolute atomic E-state index is 11.8. The summed E-state index contributed by atoms with van der Waals surface area (Å²) in [5, 5.41) is 0. The molecule has 0 spiro atoms. The molecule has 1 unspecified atom stereocenters. The van der Waals surface area contributed by atoms with E-state index in [0.717, 1.165) is 32.1 Å². The van der Waals surface area contributed by atoms with Crippen LogP contribution in [0.25, 0.3) is 0 Å². The highest BCUT2D eigenvalue weighted by atomic mass is 16.5. The first-order chi connectivity index (χ1) is 21.5. The molecule has 0 heterocycles. The number of rotatable bonds is 31. The van der Waals surface area contributed by atoms with Crippen molar-refractivity contribution in [2.24, 2.45) is 0 Å². The Balaban J connectivity index is 0. The Kier molecular flexibility index (Phi) is 38.6. The summed E-state index contributed by atoms with van der Waals surface area (Å²) < 4.78 is 10.6. The van der Waals surface area contributed by atoms with E-state index in [1.807, 2.05) is 6.92 Å². The normalized spacial score (nSPS) is 11.4. The van der Waals surface area contributed by atoms with Crippen LogP contribution in [-0.2, 0) is 19.1 Å². The summed E-state index contributed by atoms with van der Waals surface area (Å²) in [6.07, 6.45) is 36.1. The first-order valence-electron chi connectivity index (χ1n) is 19.5. The van der Waals surface area contributed by atoms with E-state index in [-0.39, 0.29) is 18.0 Å². The number of ether oxygens (including phenoxy) is 2. The van der Waals surface area contributed by atoms with Gasteiger partial charge in [-0.15, -0.1) is 0 Å². The van der Waals surface area contributed by atoms with E-state index < -0.39 is 0 Å². The van der Waals surface area contributed by atoms with Crippen LogP contribution >= 0.6 is 0 Å². The summed E-state index contributed by atoms with van der Waals surface area (Å²) >= 11 is 0. The zero-order valence-electron chi connectivity index (χ0n) is 30.8. The Hall–Kier alpha value is -1.32. The van der Waals surface area contributed by atoms with Gasteiger partial charge in [0, 0.05) is 12.5 Å². The van der Waals surface area contributed by atoms with Gasteiger partial charge in [0.25, 0.3) is 0 Å². The molecule has 44 heavy (non-hydrogen) atoms. The van der Waals surface area contributed by atoms with E-state index in [1.165, 1.54) is 147 Å². The van der Waals surface area contributed by atoms with E-state index in [1.54, 1.807) is 6.08 Å². The van der Waals surface area contributed by atoms with E-state index in [2.05, 4.69) is 34.6 Å². The lowest BCUT2D eigenvalue weighted by atomic mass is 9.99. The number of carbonyl (C=O) groups excluding carboxylic acids is 2. The summed E-state index contributed by atoms with van der Waals surface area (Å²) in [7, 11) is 0. The minimum atomic E-state index is -0.153. The predicted octanol–water partition coefficient (Wildman–Crippen LogP) is 13.4. The Bertz CT molecular complexity index is 609. The second-order valence-corrected chi connectivity index (χ2v) is 12.8. The Morgan fingerprint density at radius 3 is 1.30 bits per heavy atom. The van der Waals surface area contributed by atoms with Crippen molar-refractivity contribution in [3.8, 4) is 0 Å². The van der Waals surface area contributed by atoms with Crippen LogP contribution in [0.2, 0.25) is 0 Å². The summed E-state index contributed by atoms with van der Waals surface area (Å²) in [5.74, 6) is -0.135. The molecule has 0 saturated heterocycles. The maximum Gasteiger partial charge on any atom is 0.330 e. The molecule has 4 heteroatoms. The van der Waals surface area contributed by atoms with Crippen molar-refractivity contribution < 1.29 is 19.1 Å². The smallest absolute Gasteiger partial charge is 0.330 e. The van der Waals surface area contributed by atoms with Gasteiger partial charge in [0.2, 0.25) is 0 Å². The van der Waals surface area contributed by atoms with Crippen LogP contribution in [0.3, 0.4) is 0 Å². The highest BCUT2D eigenvalue weighted by Crippen LogP contribution is 2.19. The molecule has 0 aromatic carbocycles. The fourth-order valence-corrected chi connectivity index (χ4v) is 5.50. The van der Waals surface area contributed by atoms with Gasteiger partial charge in [-0.1, -0.05) is 162 Å². The second kappa shape index (κ2) is 37.9. The molecular formula is C40H78O4. The zero-order chi connectivity index (χ0) is 32.9. The summed E-state index contributed by atoms with van der Waals surface area (Å²) in [6.45, 7) is 13.4. The van der Waals surface area contributed by atoms with Crippen molar-refractivity contribution in [1.29, 1.82) is 0 Å². The second-order valence-electron chi connectivity index (χ2n) is 12.8. The molecule has 0 aromatic rings. The molecule has 0 radical (unpaired) electrons. The summed E-state index contributed by atoms with van der Waals surface area (Å²) in [6, 6.07) is 0. The molecule has 262 valence electrons. The molecule has 0 aromatic heterocycles. The molecule has 1 atom stereocenters. The molecule has 0 bridgehead atoms. The molecule has 0 amide bonds. The fraction of sp³-hybridized carbons (Fsp3) is 0.900. The Labute approximate surface area is 276 Å². The van der Waals surface area contributed by atoms with Crippen LogP contribution in [0.4, 0.5) is 0 Å². The lowest BCUT2D eigenvalue weighted by molar-refractivity contribution is -0.149. The van der Waals surface area contributed by atoms with Crippen LogP contribution in [0.1, 0.15) is 221 Å². The number of unbranched alkanes of at least 4 members (excludes halogenated alkanes) is 19. The number of esters is 2. The van der Waals surface area contributed by atoms with Gasteiger partial charge in [-0.25, -0.2) is 4.79 Å². The van der Waals surface area contributed by atoms with Crippen molar-refractivity contribution in [2.45, 2.75) is 227 Å². The third-order valence-electron chi connectivity index (χ3n) is 8.43. The van der Waals surface area contributed by atoms with Gasteiger partial charge in [-0.05, 0) is 58.3 Å². The van der Waals surface area contributed by atoms with E-state index in [9.17, 15) is 9.59 Å². The van der Waals surface area contributed by atoms with Gasteiger partial charge >= 0.3 is 11.9 Å². The summed E-state index contributed by atoms with van der Waals surface area (Å²) in [5.41, 5.74) is 1.30. The monoisotopic (exact) mass is 623 g/mol. The molecule has 0 aliphatic rings. The molecule has 0 fully saturated rings. The molecule has 0 aliphatic carbocycles. The van der Waals surface area contributed by atoms with Crippen LogP contribution in [0.15, 0.2) is 11.6 Å². The number of carbonyl (C=O) groups is 2. The van der Waals surface area contributed by atoms with Gasteiger partial charge in [0.15, 0.2) is 0 Å². The molecule has 0 aliphatic heterocycles. The number of allylic oxidation sites excluding steroid dienone is 1. The van der Waals surface area contributed by atoms with Crippen molar-refractivity contribution in [3.63, 3.8) is 0 Å². The lowest BCUT2D eigenvalue weighted by Gasteiger charge is -2.16. The average molecular weight is 623 g/mol. The highest BCUT2D eigenvalue weighted by Gasteiger charge is 2.12. The number of hydrogen-bond donors (Lipinski definition) is 0. The average Bonchev–Trinajstić information content (AvgIpc) is 3.01. The Morgan fingerprint density at radius 2 is 0.886 bits per heavy atom. The topological polar surface area (TPSA) is 52.6 Å². The predicted molar refractivity (Wildman–Crippen MR) is 192 cm³/mol. The summed E-state index contributed by atoms with van der Waals surface area (Å²) in [4.78, 5) is 23.5. The van der Waals surface area contributed by atoms with E-state index in [0.29, 0.717) is 13.0 Å². The van der Waals surface area contributed by atoms with Crippen molar-refractivity contribution >= 4 is 11.9 Å². The molecule has 4 nitrogen and oxygen atoms in total. The van der Waals surface area contributed by atoms with Crippen LogP contribution < -0.4 is 0 Å². The van der Waals surface area contributed by atoms with Gasteiger partial charge in [-0.3, -0.25) is 4.79 Å². The minimum Gasteiger partial charge on any atom is -0.463 e. The highest BCUT2D eigenvalue weighted by molar-refractivity contribution is 5.82. The maximum atomic E-state index is 11.8. The van der Waals surface area contributed by atoms with E-state index in [4.69, 9.17) is 9.47 Å². The van der Waals surface area contributed by atoms with E-state index >= 15 is 0 Å². The van der Waals surface area contributed by atoms with Crippen molar-refractivity contribution in [3.05, 3.63) is 11.6 Å². The van der Waals surface area contributed by atoms with Gasteiger partial charge in [-0.2, -0.15) is 0 Å². The quantitative estimate of drug-likeness (QED) is 0.0438.